The standard InChI is InChI=1S/C11H11BrN2O/c1-8(15)14-10(7-13)6-9-4-2-3-5-11(9)12/h2-5,10H,6H2,1H3,(H,14,15)/t10-/m0/s1. The summed E-state index contributed by atoms with van der Waals surface area (Å²) in [6, 6.07) is 9.24. The maximum atomic E-state index is 10.8. The van der Waals surface area contributed by atoms with E-state index in [1.165, 1.54) is 6.92 Å². The first-order valence-electron chi connectivity index (χ1n) is 4.53. The minimum absolute atomic E-state index is 0.186. The predicted molar refractivity (Wildman–Crippen MR) is 61.1 cm³/mol. The van der Waals surface area contributed by atoms with Gasteiger partial charge >= 0.3 is 0 Å². The smallest absolute Gasteiger partial charge is 0.217 e. The van der Waals surface area contributed by atoms with Crippen molar-refractivity contribution in [3.05, 3.63) is 34.3 Å². The second-order valence-corrected chi connectivity index (χ2v) is 4.03. The number of amides is 1. The third kappa shape index (κ3) is 3.72. The van der Waals surface area contributed by atoms with E-state index >= 15 is 0 Å². The molecule has 1 aromatic carbocycles. The minimum atomic E-state index is -0.471. The molecule has 1 amide bonds. The van der Waals surface area contributed by atoms with Gasteiger partial charge in [0, 0.05) is 17.8 Å². The molecule has 0 fully saturated rings. The largest absolute Gasteiger partial charge is 0.340 e. The van der Waals surface area contributed by atoms with Crippen LogP contribution in [0.2, 0.25) is 0 Å². The zero-order valence-electron chi connectivity index (χ0n) is 8.33. The van der Waals surface area contributed by atoms with E-state index in [1.807, 2.05) is 24.3 Å². The van der Waals surface area contributed by atoms with Gasteiger partial charge in [0.2, 0.25) is 5.91 Å². The number of halogens is 1. The number of hydrogen-bond donors (Lipinski definition) is 1. The fourth-order valence-corrected chi connectivity index (χ4v) is 1.70. The highest BCUT2D eigenvalue weighted by Gasteiger charge is 2.10. The Morgan fingerprint density at radius 2 is 2.27 bits per heavy atom. The molecule has 1 aromatic rings. The molecular weight excluding hydrogens is 256 g/mol. The molecule has 0 radical (unpaired) electrons. The molecule has 1 N–H and O–H groups in total. The second kappa shape index (κ2) is 5.52. The number of nitrogens with zero attached hydrogens (tertiary/aromatic N) is 1. The molecule has 0 aliphatic carbocycles. The van der Waals surface area contributed by atoms with Crippen molar-refractivity contribution in [1.29, 1.82) is 5.26 Å². The van der Waals surface area contributed by atoms with Crippen LogP contribution in [-0.4, -0.2) is 11.9 Å². The van der Waals surface area contributed by atoms with Crippen LogP contribution < -0.4 is 5.32 Å². The number of nitrogens with one attached hydrogen (secondary N) is 1. The van der Waals surface area contributed by atoms with E-state index in [9.17, 15) is 4.79 Å². The van der Waals surface area contributed by atoms with Crippen LogP contribution in [0.5, 0.6) is 0 Å². The van der Waals surface area contributed by atoms with Gasteiger partial charge in [0.1, 0.15) is 6.04 Å². The number of rotatable bonds is 3. The molecule has 0 aliphatic rings. The second-order valence-electron chi connectivity index (χ2n) is 3.18. The quantitative estimate of drug-likeness (QED) is 0.910. The molecule has 0 unspecified atom stereocenters. The van der Waals surface area contributed by atoms with Crippen molar-refractivity contribution in [2.75, 3.05) is 0 Å². The number of carbonyl (C=O) groups is 1. The molecule has 1 atom stereocenters. The van der Waals surface area contributed by atoms with E-state index in [4.69, 9.17) is 5.26 Å². The number of hydrogen-bond acceptors (Lipinski definition) is 2. The van der Waals surface area contributed by atoms with Crippen LogP contribution in [0.15, 0.2) is 28.7 Å². The summed E-state index contributed by atoms with van der Waals surface area (Å²) in [5.41, 5.74) is 1.01. The number of carbonyl (C=O) groups excluding carboxylic acids is 1. The Labute approximate surface area is 97.2 Å². The van der Waals surface area contributed by atoms with E-state index < -0.39 is 6.04 Å². The Bertz CT molecular complexity index is 398. The topological polar surface area (TPSA) is 52.9 Å². The molecule has 0 aromatic heterocycles. The van der Waals surface area contributed by atoms with Crippen molar-refractivity contribution in [3.63, 3.8) is 0 Å². The van der Waals surface area contributed by atoms with E-state index in [0.29, 0.717) is 6.42 Å². The van der Waals surface area contributed by atoms with Gasteiger partial charge in [0.15, 0.2) is 0 Å². The molecule has 1 rings (SSSR count). The molecule has 0 aliphatic heterocycles. The van der Waals surface area contributed by atoms with Gasteiger partial charge in [0.25, 0.3) is 0 Å². The molecule has 78 valence electrons. The Hall–Kier alpha value is -1.34. The summed E-state index contributed by atoms with van der Waals surface area (Å²) >= 11 is 3.40. The first kappa shape index (κ1) is 11.7. The summed E-state index contributed by atoms with van der Waals surface area (Å²) in [6.45, 7) is 1.41. The van der Waals surface area contributed by atoms with Crippen LogP contribution in [0.3, 0.4) is 0 Å². The predicted octanol–water partition coefficient (Wildman–Crippen LogP) is 2.02. The molecular formula is C11H11BrN2O. The molecule has 15 heavy (non-hydrogen) atoms. The van der Waals surface area contributed by atoms with Gasteiger partial charge in [-0.05, 0) is 11.6 Å². The van der Waals surface area contributed by atoms with E-state index in [0.717, 1.165) is 10.0 Å². The minimum Gasteiger partial charge on any atom is -0.340 e. The van der Waals surface area contributed by atoms with E-state index in [-0.39, 0.29) is 5.91 Å². The van der Waals surface area contributed by atoms with Crippen molar-refractivity contribution in [3.8, 4) is 6.07 Å². The average molecular weight is 267 g/mol. The van der Waals surface area contributed by atoms with E-state index in [1.54, 1.807) is 0 Å². The lowest BCUT2D eigenvalue weighted by Gasteiger charge is -2.10. The van der Waals surface area contributed by atoms with Crippen LogP contribution in [0, 0.1) is 11.3 Å². The van der Waals surface area contributed by atoms with Gasteiger partial charge in [-0.25, -0.2) is 0 Å². The van der Waals surface area contributed by atoms with Crippen molar-refractivity contribution in [1.82, 2.24) is 5.32 Å². The van der Waals surface area contributed by atoms with Gasteiger partial charge in [0.05, 0.1) is 6.07 Å². The van der Waals surface area contributed by atoms with Crippen LogP contribution >= 0.6 is 15.9 Å². The fourth-order valence-electron chi connectivity index (χ4n) is 1.26. The fraction of sp³-hybridized carbons (Fsp3) is 0.273. The van der Waals surface area contributed by atoms with Gasteiger partial charge in [-0.1, -0.05) is 34.1 Å². The van der Waals surface area contributed by atoms with Gasteiger partial charge < -0.3 is 5.32 Å². The molecule has 0 saturated heterocycles. The summed E-state index contributed by atoms with van der Waals surface area (Å²) in [6.07, 6.45) is 0.511. The van der Waals surface area contributed by atoms with Crippen molar-refractivity contribution in [2.24, 2.45) is 0 Å². The van der Waals surface area contributed by atoms with Crippen LogP contribution in [0.4, 0.5) is 0 Å². The highest BCUT2D eigenvalue weighted by Crippen LogP contribution is 2.17. The zero-order chi connectivity index (χ0) is 11.3. The third-order valence-electron chi connectivity index (χ3n) is 1.92. The first-order valence-corrected chi connectivity index (χ1v) is 5.33. The Kier molecular flexibility index (Phi) is 4.32. The molecule has 0 saturated carbocycles. The Balaban J connectivity index is 2.72. The lowest BCUT2D eigenvalue weighted by atomic mass is 10.1. The molecule has 0 heterocycles. The molecule has 0 spiro atoms. The lowest BCUT2D eigenvalue weighted by Crippen LogP contribution is -2.33. The van der Waals surface area contributed by atoms with Crippen LogP contribution in [0.25, 0.3) is 0 Å². The summed E-state index contributed by atoms with van der Waals surface area (Å²) in [4.78, 5) is 10.8. The average Bonchev–Trinajstić information content (AvgIpc) is 2.19. The number of nitriles is 1. The molecule has 3 nitrogen and oxygen atoms in total. The van der Waals surface area contributed by atoms with Crippen molar-refractivity contribution < 1.29 is 4.79 Å². The maximum absolute atomic E-state index is 10.8. The maximum Gasteiger partial charge on any atom is 0.217 e. The van der Waals surface area contributed by atoms with Crippen molar-refractivity contribution in [2.45, 2.75) is 19.4 Å². The van der Waals surface area contributed by atoms with Crippen molar-refractivity contribution >= 4 is 21.8 Å². The summed E-state index contributed by atoms with van der Waals surface area (Å²) < 4.78 is 0.954. The zero-order valence-corrected chi connectivity index (χ0v) is 9.91. The number of benzene rings is 1. The Morgan fingerprint density at radius 3 is 2.80 bits per heavy atom. The summed E-state index contributed by atoms with van der Waals surface area (Å²) in [7, 11) is 0. The highest BCUT2D eigenvalue weighted by molar-refractivity contribution is 9.10. The van der Waals surface area contributed by atoms with Crippen LogP contribution in [-0.2, 0) is 11.2 Å². The van der Waals surface area contributed by atoms with Gasteiger partial charge in [-0.15, -0.1) is 0 Å². The Morgan fingerprint density at radius 1 is 1.60 bits per heavy atom. The lowest BCUT2D eigenvalue weighted by molar-refractivity contribution is -0.119. The van der Waals surface area contributed by atoms with Gasteiger partial charge in [-0.2, -0.15) is 5.26 Å². The van der Waals surface area contributed by atoms with E-state index in [2.05, 4.69) is 27.3 Å². The monoisotopic (exact) mass is 266 g/mol. The molecule has 0 bridgehead atoms. The van der Waals surface area contributed by atoms with Gasteiger partial charge in [-0.3, -0.25) is 4.79 Å². The SMILES string of the molecule is CC(=O)N[C@H](C#N)Cc1ccccc1Br. The third-order valence-corrected chi connectivity index (χ3v) is 2.69. The summed E-state index contributed by atoms with van der Waals surface area (Å²) in [5, 5.41) is 11.4. The highest BCUT2D eigenvalue weighted by atomic mass is 79.9. The first-order chi connectivity index (χ1) is 7.13. The molecule has 4 heteroatoms. The summed E-state index contributed by atoms with van der Waals surface area (Å²) in [5.74, 6) is -0.186. The normalized spacial score (nSPS) is 11.5. The van der Waals surface area contributed by atoms with Crippen LogP contribution in [0.1, 0.15) is 12.5 Å².